The molecule has 0 aromatic carbocycles. The van der Waals surface area contributed by atoms with E-state index in [1.54, 1.807) is 0 Å². The molecular formula is C15H24O. The molecule has 1 aliphatic carbocycles. The minimum absolute atomic E-state index is 0.139. The molecule has 2 atom stereocenters. The summed E-state index contributed by atoms with van der Waals surface area (Å²) in [6.45, 7) is 9.11. The molecule has 0 N–H and O–H groups in total. The Balaban J connectivity index is 2.12. The highest BCUT2D eigenvalue weighted by Gasteiger charge is 2.53. The molecule has 1 heterocycles. The van der Waals surface area contributed by atoms with E-state index < -0.39 is 0 Å². The van der Waals surface area contributed by atoms with Gasteiger partial charge in [-0.1, -0.05) is 37.6 Å². The average Bonchev–Trinajstić information content (AvgIpc) is 2.73. The van der Waals surface area contributed by atoms with Crippen LogP contribution in [0.1, 0.15) is 53.4 Å². The Morgan fingerprint density at radius 3 is 2.81 bits per heavy atom. The highest BCUT2D eigenvalue weighted by Crippen LogP contribution is 2.47. The van der Waals surface area contributed by atoms with Crippen molar-refractivity contribution in [2.24, 2.45) is 5.41 Å². The second-order valence-corrected chi connectivity index (χ2v) is 6.32. The van der Waals surface area contributed by atoms with E-state index in [0.717, 1.165) is 12.8 Å². The fourth-order valence-electron chi connectivity index (χ4n) is 2.90. The summed E-state index contributed by atoms with van der Waals surface area (Å²) in [4.78, 5) is 0. The zero-order valence-electron chi connectivity index (χ0n) is 11.0. The van der Waals surface area contributed by atoms with Crippen LogP contribution in [0.4, 0.5) is 0 Å². The lowest BCUT2D eigenvalue weighted by Crippen LogP contribution is -2.21. The third-order valence-electron chi connectivity index (χ3n) is 3.77. The lowest BCUT2D eigenvalue weighted by Gasteiger charge is -2.23. The fraction of sp³-hybridized carbons (Fsp3) is 0.733. The summed E-state index contributed by atoms with van der Waals surface area (Å²) in [6, 6.07) is 0. The first-order valence-electron chi connectivity index (χ1n) is 6.42. The molecule has 1 aliphatic heterocycles. The van der Waals surface area contributed by atoms with Crippen LogP contribution in [0.15, 0.2) is 23.8 Å². The van der Waals surface area contributed by atoms with Crippen LogP contribution < -0.4 is 0 Å². The number of rotatable bonds is 0. The van der Waals surface area contributed by atoms with Gasteiger partial charge in [-0.3, -0.25) is 0 Å². The molecule has 90 valence electrons. The van der Waals surface area contributed by atoms with Crippen LogP contribution in [0.2, 0.25) is 0 Å². The first-order chi connectivity index (χ1) is 7.41. The Morgan fingerprint density at radius 1 is 1.31 bits per heavy atom. The van der Waals surface area contributed by atoms with E-state index in [1.165, 1.54) is 18.4 Å². The molecule has 2 aliphatic rings. The molecule has 0 saturated carbocycles. The lowest BCUT2D eigenvalue weighted by molar-refractivity contribution is 0.245. The average molecular weight is 220 g/mol. The number of ether oxygens (including phenoxy) is 1. The topological polar surface area (TPSA) is 12.5 Å². The maximum absolute atomic E-state index is 5.88. The Kier molecular flexibility index (Phi) is 3.00. The third-order valence-corrected chi connectivity index (χ3v) is 3.77. The maximum atomic E-state index is 5.88. The van der Waals surface area contributed by atoms with E-state index in [0.29, 0.717) is 6.10 Å². The summed E-state index contributed by atoms with van der Waals surface area (Å²) in [7, 11) is 0. The lowest BCUT2D eigenvalue weighted by atomic mass is 9.81. The molecule has 1 saturated heterocycles. The summed E-state index contributed by atoms with van der Waals surface area (Å²) in [5.41, 5.74) is 1.88. The predicted octanol–water partition coefficient (Wildman–Crippen LogP) is 4.25. The van der Waals surface area contributed by atoms with Gasteiger partial charge in [0.1, 0.15) is 0 Å². The van der Waals surface area contributed by atoms with Crippen LogP contribution in [0.25, 0.3) is 0 Å². The van der Waals surface area contributed by atoms with Gasteiger partial charge in [-0.05, 0) is 44.9 Å². The predicted molar refractivity (Wildman–Crippen MR) is 68.4 cm³/mol. The van der Waals surface area contributed by atoms with Crippen molar-refractivity contribution < 1.29 is 4.74 Å². The largest absolute Gasteiger partial charge is 0.366 e. The van der Waals surface area contributed by atoms with Crippen molar-refractivity contribution in [3.05, 3.63) is 23.8 Å². The quantitative estimate of drug-likeness (QED) is 0.439. The highest BCUT2D eigenvalue weighted by atomic mass is 16.6. The summed E-state index contributed by atoms with van der Waals surface area (Å²) in [6.07, 6.45) is 12.1. The molecule has 0 bridgehead atoms. The van der Waals surface area contributed by atoms with Crippen LogP contribution in [0.5, 0.6) is 0 Å². The van der Waals surface area contributed by atoms with Gasteiger partial charge in [0.2, 0.25) is 0 Å². The molecule has 0 aromatic rings. The molecule has 2 rings (SSSR count). The van der Waals surface area contributed by atoms with Gasteiger partial charge in [0.25, 0.3) is 0 Å². The van der Waals surface area contributed by atoms with Gasteiger partial charge < -0.3 is 4.74 Å². The highest BCUT2D eigenvalue weighted by molar-refractivity contribution is 5.12. The molecule has 1 heteroatoms. The number of hydrogen-bond donors (Lipinski definition) is 0. The Hall–Kier alpha value is -0.560. The minimum atomic E-state index is 0.139. The molecule has 0 amide bonds. The molecule has 0 radical (unpaired) electrons. The molecule has 16 heavy (non-hydrogen) atoms. The number of epoxide rings is 1. The van der Waals surface area contributed by atoms with Crippen molar-refractivity contribution in [2.45, 2.75) is 65.1 Å². The van der Waals surface area contributed by atoms with E-state index in [-0.39, 0.29) is 11.0 Å². The molecule has 0 aromatic heterocycles. The van der Waals surface area contributed by atoms with Crippen molar-refractivity contribution in [1.82, 2.24) is 0 Å². The van der Waals surface area contributed by atoms with E-state index >= 15 is 0 Å². The maximum Gasteiger partial charge on any atom is 0.0928 e. The van der Waals surface area contributed by atoms with Crippen LogP contribution >= 0.6 is 0 Å². The fourth-order valence-corrected chi connectivity index (χ4v) is 2.90. The first-order valence-corrected chi connectivity index (χ1v) is 6.42. The van der Waals surface area contributed by atoms with Gasteiger partial charge in [-0.25, -0.2) is 0 Å². The number of allylic oxidation sites excluding steroid dienone is 4. The van der Waals surface area contributed by atoms with Crippen molar-refractivity contribution in [2.75, 3.05) is 0 Å². The molecule has 2 unspecified atom stereocenters. The first kappa shape index (κ1) is 11.9. The van der Waals surface area contributed by atoms with E-state index in [9.17, 15) is 0 Å². The van der Waals surface area contributed by atoms with Gasteiger partial charge in [0.05, 0.1) is 11.7 Å². The Bertz CT molecular complexity index is 324. The smallest absolute Gasteiger partial charge is 0.0928 e. The number of hydrogen-bond acceptors (Lipinski definition) is 1. The van der Waals surface area contributed by atoms with Gasteiger partial charge in [-0.2, -0.15) is 0 Å². The van der Waals surface area contributed by atoms with Crippen LogP contribution in [-0.2, 0) is 4.74 Å². The van der Waals surface area contributed by atoms with Crippen molar-refractivity contribution in [1.29, 1.82) is 0 Å². The minimum Gasteiger partial charge on any atom is -0.366 e. The van der Waals surface area contributed by atoms with Crippen LogP contribution in [-0.4, -0.2) is 11.7 Å². The Labute approximate surface area is 99.6 Å². The molecule has 1 fully saturated rings. The van der Waals surface area contributed by atoms with Crippen molar-refractivity contribution >= 4 is 0 Å². The van der Waals surface area contributed by atoms with Crippen LogP contribution in [0.3, 0.4) is 0 Å². The van der Waals surface area contributed by atoms with Gasteiger partial charge in [-0.15, -0.1) is 0 Å². The molecular weight excluding hydrogens is 196 g/mol. The summed E-state index contributed by atoms with van der Waals surface area (Å²) >= 11 is 0. The van der Waals surface area contributed by atoms with Gasteiger partial charge in [0, 0.05) is 0 Å². The Morgan fingerprint density at radius 2 is 2.06 bits per heavy atom. The molecule has 0 spiro atoms. The second-order valence-electron chi connectivity index (χ2n) is 6.32. The number of fused-ring (bicyclic) bond motifs is 1. The van der Waals surface area contributed by atoms with Gasteiger partial charge in [0.15, 0.2) is 0 Å². The SMILES string of the molecule is C/C1=C/CCC2OC2(C)CC(C)(C)/C=C\C1. The summed E-state index contributed by atoms with van der Waals surface area (Å²) in [5.74, 6) is 0. The summed E-state index contributed by atoms with van der Waals surface area (Å²) in [5, 5.41) is 0. The standard InChI is InChI=1S/C15H24O/c1-12-7-5-9-13-15(4,16-13)11-14(2,3)10-6-8-12/h6-7,10,13H,5,8-9,11H2,1-4H3/b10-6-,12-7-. The third kappa shape index (κ3) is 2.76. The van der Waals surface area contributed by atoms with Crippen LogP contribution in [0, 0.1) is 5.41 Å². The molecule has 1 nitrogen and oxygen atoms in total. The second kappa shape index (κ2) is 4.03. The zero-order valence-corrected chi connectivity index (χ0v) is 11.0. The summed E-state index contributed by atoms with van der Waals surface area (Å²) < 4.78 is 5.88. The zero-order chi connectivity index (χ0) is 11.8. The van der Waals surface area contributed by atoms with E-state index in [1.807, 2.05) is 0 Å². The normalized spacial score (nSPS) is 43.5. The van der Waals surface area contributed by atoms with Crippen molar-refractivity contribution in [3.63, 3.8) is 0 Å². The van der Waals surface area contributed by atoms with Gasteiger partial charge >= 0.3 is 0 Å². The van der Waals surface area contributed by atoms with E-state index in [2.05, 4.69) is 45.9 Å². The monoisotopic (exact) mass is 220 g/mol. The van der Waals surface area contributed by atoms with E-state index in [4.69, 9.17) is 4.74 Å². The van der Waals surface area contributed by atoms with Crippen molar-refractivity contribution in [3.8, 4) is 0 Å².